The SMILES string of the molecule is C[C@@H]1CN(S(=O)(=O)N2CCN(c3ncnc4ccccc34)CC2)C[C@@H](C)O1. The van der Waals surface area contributed by atoms with E-state index in [-0.39, 0.29) is 12.2 Å². The van der Waals surface area contributed by atoms with Gasteiger partial charge in [-0.05, 0) is 26.0 Å². The van der Waals surface area contributed by atoms with Crippen molar-refractivity contribution in [2.45, 2.75) is 26.1 Å². The molecule has 146 valence electrons. The van der Waals surface area contributed by atoms with Crippen molar-refractivity contribution in [3.05, 3.63) is 30.6 Å². The molecule has 2 saturated heterocycles. The zero-order valence-corrected chi connectivity index (χ0v) is 16.5. The van der Waals surface area contributed by atoms with Gasteiger partial charge >= 0.3 is 0 Å². The van der Waals surface area contributed by atoms with Crippen molar-refractivity contribution in [3.63, 3.8) is 0 Å². The minimum Gasteiger partial charge on any atom is -0.373 e. The van der Waals surface area contributed by atoms with Crippen LogP contribution < -0.4 is 4.90 Å². The second-order valence-electron chi connectivity index (χ2n) is 7.18. The van der Waals surface area contributed by atoms with Crippen LogP contribution in [0.2, 0.25) is 0 Å². The highest BCUT2D eigenvalue weighted by molar-refractivity contribution is 7.86. The number of hydrogen-bond acceptors (Lipinski definition) is 6. The summed E-state index contributed by atoms with van der Waals surface area (Å²) in [5, 5.41) is 0.993. The van der Waals surface area contributed by atoms with Crippen molar-refractivity contribution in [1.29, 1.82) is 0 Å². The first-order valence-electron chi connectivity index (χ1n) is 9.30. The molecule has 9 heteroatoms. The highest BCUT2D eigenvalue weighted by atomic mass is 32.2. The number of aromatic nitrogens is 2. The van der Waals surface area contributed by atoms with Gasteiger partial charge < -0.3 is 9.64 Å². The number of ether oxygens (including phenoxy) is 1. The van der Waals surface area contributed by atoms with Gasteiger partial charge in [0.2, 0.25) is 0 Å². The summed E-state index contributed by atoms with van der Waals surface area (Å²) in [5.41, 5.74) is 0.897. The third kappa shape index (κ3) is 3.64. The molecule has 0 unspecified atom stereocenters. The molecule has 2 fully saturated rings. The number of benzene rings is 1. The molecule has 4 rings (SSSR count). The van der Waals surface area contributed by atoms with E-state index >= 15 is 0 Å². The van der Waals surface area contributed by atoms with E-state index < -0.39 is 10.2 Å². The molecule has 0 spiro atoms. The van der Waals surface area contributed by atoms with E-state index in [9.17, 15) is 8.42 Å². The first-order valence-corrected chi connectivity index (χ1v) is 10.7. The van der Waals surface area contributed by atoms with E-state index in [0.717, 1.165) is 16.7 Å². The lowest BCUT2D eigenvalue weighted by Gasteiger charge is -2.40. The number of fused-ring (bicyclic) bond motifs is 1. The number of hydrogen-bond donors (Lipinski definition) is 0. The Bertz CT molecular complexity index is 899. The fourth-order valence-electron chi connectivity index (χ4n) is 3.86. The van der Waals surface area contributed by atoms with Crippen molar-refractivity contribution in [3.8, 4) is 0 Å². The maximum atomic E-state index is 13.0. The molecule has 0 N–H and O–H groups in total. The monoisotopic (exact) mass is 391 g/mol. The standard InChI is InChI=1S/C18H25N5O3S/c1-14-11-23(12-15(2)26-14)27(24,25)22-9-7-21(8-10-22)18-16-5-3-4-6-17(16)19-13-20-18/h3-6,13-15H,7-12H2,1-2H3/t14-,15-/m1/s1. The van der Waals surface area contributed by atoms with Gasteiger partial charge in [0.25, 0.3) is 10.2 Å². The molecule has 0 saturated carbocycles. The molecular formula is C18H25N5O3S. The van der Waals surface area contributed by atoms with Crippen LogP contribution in [0.3, 0.4) is 0 Å². The third-order valence-corrected chi connectivity index (χ3v) is 7.07. The number of rotatable bonds is 3. The topological polar surface area (TPSA) is 78.9 Å². The number of nitrogens with zero attached hydrogens (tertiary/aromatic N) is 5. The van der Waals surface area contributed by atoms with Gasteiger partial charge in [-0.3, -0.25) is 0 Å². The lowest BCUT2D eigenvalue weighted by atomic mass is 10.2. The van der Waals surface area contributed by atoms with E-state index in [1.54, 1.807) is 14.9 Å². The highest BCUT2D eigenvalue weighted by Gasteiger charge is 2.37. The van der Waals surface area contributed by atoms with Crippen LogP contribution >= 0.6 is 0 Å². The molecule has 1 aromatic carbocycles. The minimum atomic E-state index is -3.47. The van der Waals surface area contributed by atoms with E-state index in [4.69, 9.17) is 4.74 Å². The molecule has 0 bridgehead atoms. The first-order chi connectivity index (χ1) is 12.9. The Kier molecular flexibility index (Phi) is 5.02. The molecule has 0 aliphatic carbocycles. The summed E-state index contributed by atoms with van der Waals surface area (Å²) in [7, 11) is -3.47. The smallest absolute Gasteiger partial charge is 0.282 e. The Labute approximate surface area is 159 Å². The molecule has 0 amide bonds. The Hall–Kier alpha value is -1.81. The van der Waals surface area contributed by atoms with E-state index in [1.807, 2.05) is 38.1 Å². The fraction of sp³-hybridized carbons (Fsp3) is 0.556. The molecule has 1 aromatic heterocycles. The Morgan fingerprint density at radius 2 is 1.63 bits per heavy atom. The minimum absolute atomic E-state index is 0.0859. The fourth-order valence-corrected chi connectivity index (χ4v) is 5.60. The average Bonchev–Trinajstić information content (AvgIpc) is 2.67. The van der Waals surface area contributed by atoms with Gasteiger partial charge in [-0.25, -0.2) is 9.97 Å². The largest absolute Gasteiger partial charge is 0.373 e. The maximum Gasteiger partial charge on any atom is 0.282 e. The molecular weight excluding hydrogens is 366 g/mol. The quantitative estimate of drug-likeness (QED) is 0.780. The van der Waals surface area contributed by atoms with Crippen LogP contribution in [0.4, 0.5) is 5.82 Å². The second kappa shape index (κ2) is 7.31. The van der Waals surface area contributed by atoms with Crippen molar-refractivity contribution in [2.24, 2.45) is 0 Å². The number of piperazine rings is 1. The summed E-state index contributed by atoms with van der Waals surface area (Å²) in [6.45, 7) is 6.74. The predicted molar refractivity (Wildman–Crippen MR) is 104 cm³/mol. The molecule has 2 aromatic rings. The zero-order valence-electron chi connectivity index (χ0n) is 15.7. The Morgan fingerprint density at radius 3 is 2.33 bits per heavy atom. The predicted octanol–water partition coefficient (Wildman–Crippen LogP) is 1.11. The third-order valence-electron chi connectivity index (χ3n) is 5.10. The molecule has 2 aliphatic rings. The van der Waals surface area contributed by atoms with Crippen LogP contribution in [0.15, 0.2) is 30.6 Å². The Balaban J connectivity index is 1.48. The van der Waals surface area contributed by atoms with E-state index in [1.165, 1.54) is 0 Å². The van der Waals surface area contributed by atoms with E-state index in [0.29, 0.717) is 39.3 Å². The van der Waals surface area contributed by atoms with Crippen LogP contribution in [-0.2, 0) is 14.9 Å². The summed E-state index contributed by atoms with van der Waals surface area (Å²) in [6.07, 6.45) is 1.39. The summed E-state index contributed by atoms with van der Waals surface area (Å²) >= 11 is 0. The van der Waals surface area contributed by atoms with Crippen molar-refractivity contribution >= 4 is 26.9 Å². The summed E-state index contributed by atoms with van der Waals surface area (Å²) in [4.78, 5) is 10.9. The summed E-state index contributed by atoms with van der Waals surface area (Å²) in [6, 6.07) is 7.89. The van der Waals surface area contributed by atoms with Crippen LogP contribution in [0, 0.1) is 0 Å². The van der Waals surface area contributed by atoms with Crippen molar-refractivity contribution in [2.75, 3.05) is 44.2 Å². The van der Waals surface area contributed by atoms with Gasteiger partial charge in [0.1, 0.15) is 12.1 Å². The number of anilines is 1. The van der Waals surface area contributed by atoms with E-state index in [2.05, 4.69) is 14.9 Å². The number of para-hydroxylation sites is 1. The normalized spacial score (nSPS) is 25.8. The lowest BCUT2D eigenvalue weighted by molar-refractivity contribution is -0.0455. The van der Waals surface area contributed by atoms with Crippen molar-refractivity contribution < 1.29 is 13.2 Å². The number of morpholine rings is 1. The van der Waals surface area contributed by atoms with Gasteiger partial charge in [0, 0.05) is 44.7 Å². The van der Waals surface area contributed by atoms with Gasteiger partial charge in [0.05, 0.1) is 17.7 Å². The summed E-state index contributed by atoms with van der Waals surface area (Å²) in [5.74, 6) is 0.867. The van der Waals surface area contributed by atoms with Crippen LogP contribution in [0.25, 0.3) is 10.9 Å². The second-order valence-corrected chi connectivity index (χ2v) is 9.11. The van der Waals surface area contributed by atoms with Gasteiger partial charge in [-0.15, -0.1) is 0 Å². The van der Waals surface area contributed by atoms with Gasteiger partial charge in [-0.2, -0.15) is 17.0 Å². The Morgan fingerprint density at radius 1 is 0.963 bits per heavy atom. The summed E-state index contributed by atoms with van der Waals surface area (Å²) < 4.78 is 34.9. The van der Waals surface area contributed by atoms with Crippen LogP contribution in [0.5, 0.6) is 0 Å². The van der Waals surface area contributed by atoms with Gasteiger partial charge in [-0.1, -0.05) is 12.1 Å². The van der Waals surface area contributed by atoms with Crippen molar-refractivity contribution in [1.82, 2.24) is 18.6 Å². The molecule has 3 heterocycles. The molecule has 0 radical (unpaired) electrons. The molecule has 27 heavy (non-hydrogen) atoms. The van der Waals surface area contributed by atoms with Crippen LogP contribution in [-0.4, -0.2) is 78.5 Å². The zero-order chi connectivity index (χ0) is 19.0. The van der Waals surface area contributed by atoms with Crippen LogP contribution in [0.1, 0.15) is 13.8 Å². The molecule has 2 atom stereocenters. The van der Waals surface area contributed by atoms with Gasteiger partial charge in [0.15, 0.2) is 0 Å². The molecule has 2 aliphatic heterocycles. The first kappa shape index (κ1) is 18.5. The average molecular weight is 391 g/mol. The maximum absolute atomic E-state index is 13.0. The molecule has 8 nitrogen and oxygen atoms in total. The highest BCUT2D eigenvalue weighted by Crippen LogP contribution is 2.25. The lowest BCUT2D eigenvalue weighted by Crippen LogP contribution is -2.57.